The Morgan fingerprint density at radius 3 is 1.88 bits per heavy atom. The van der Waals surface area contributed by atoms with Crippen molar-refractivity contribution in [2.24, 2.45) is 5.73 Å². The van der Waals surface area contributed by atoms with Gasteiger partial charge >= 0.3 is 18.1 Å². The quantitative estimate of drug-likeness (QED) is 0.583. The third kappa shape index (κ3) is 5.03. The van der Waals surface area contributed by atoms with Gasteiger partial charge in [0.15, 0.2) is 0 Å². The molecule has 1 atom stereocenters. The summed E-state index contributed by atoms with van der Waals surface area (Å²) < 4.78 is 41.0. The van der Waals surface area contributed by atoms with Crippen LogP contribution in [-0.2, 0) is 14.3 Å². The molecule has 0 spiro atoms. The van der Waals surface area contributed by atoms with Gasteiger partial charge in [-0.05, 0) is 20.8 Å². The van der Waals surface area contributed by atoms with E-state index >= 15 is 0 Å². The molecule has 0 aliphatic carbocycles. The highest BCUT2D eigenvalue weighted by atomic mass is 19.4. The van der Waals surface area contributed by atoms with E-state index in [-0.39, 0.29) is 0 Å². The summed E-state index contributed by atoms with van der Waals surface area (Å²) in [5.74, 6) is -3.70. The molecule has 8 heteroatoms. The lowest BCUT2D eigenvalue weighted by Crippen LogP contribution is -2.59. The molecular formula is C9H14F3NO4. The van der Waals surface area contributed by atoms with Crippen LogP contribution in [0.15, 0.2) is 0 Å². The second kappa shape index (κ2) is 4.52. The van der Waals surface area contributed by atoms with E-state index in [1.165, 1.54) is 20.8 Å². The summed E-state index contributed by atoms with van der Waals surface area (Å²) >= 11 is 0. The Morgan fingerprint density at radius 2 is 1.65 bits per heavy atom. The molecule has 0 aromatic carbocycles. The molecule has 0 aromatic rings. The first kappa shape index (κ1) is 15.7. The number of nitrogens with two attached hydrogens (primary N) is 1. The van der Waals surface area contributed by atoms with Crippen molar-refractivity contribution in [2.75, 3.05) is 0 Å². The number of hydrogen-bond donors (Lipinski definition) is 2. The van der Waals surface area contributed by atoms with Gasteiger partial charge in [-0.2, -0.15) is 13.2 Å². The van der Waals surface area contributed by atoms with Crippen LogP contribution < -0.4 is 5.73 Å². The lowest BCUT2D eigenvalue weighted by molar-refractivity contribution is -0.187. The molecule has 1 unspecified atom stereocenters. The molecule has 100 valence electrons. The molecule has 0 rings (SSSR count). The van der Waals surface area contributed by atoms with Gasteiger partial charge in [0.25, 0.3) is 0 Å². The number of hydrogen-bond acceptors (Lipinski definition) is 4. The van der Waals surface area contributed by atoms with Gasteiger partial charge in [-0.15, -0.1) is 0 Å². The van der Waals surface area contributed by atoms with E-state index in [9.17, 15) is 22.8 Å². The Balaban J connectivity index is 5.10. The Labute approximate surface area is 95.7 Å². The van der Waals surface area contributed by atoms with Crippen molar-refractivity contribution in [3.05, 3.63) is 0 Å². The highest BCUT2D eigenvalue weighted by molar-refractivity contribution is 6.04. The summed E-state index contributed by atoms with van der Waals surface area (Å²) in [7, 11) is 0. The summed E-state index contributed by atoms with van der Waals surface area (Å²) in [4.78, 5) is 22.1. The molecule has 0 saturated carbocycles. The number of carbonyl (C=O) groups excluding carboxylic acids is 1. The molecule has 5 nitrogen and oxygen atoms in total. The van der Waals surface area contributed by atoms with Crippen LogP contribution >= 0.6 is 0 Å². The molecule has 0 saturated heterocycles. The smallest absolute Gasteiger partial charge is 0.392 e. The molecule has 0 amide bonds. The zero-order valence-electron chi connectivity index (χ0n) is 9.59. The third-order valence-electron chi connectivity index (χ3n) is 1.62. The first-order chi connectivity index (χ1) is 7.28. The van der Waals surface area contributed by atoms with E-state index in [1.54, 1.807) is 0 Å². The first-order valence-corrected chi connectivity index (χ1v) is 4.60. The maximum atomic E-state index is 12.2. The standard InChI is InChI=1S/C9H14F3NO4/c1-7(2,3)17-6(16)8(13,5(14)15)4-9(10,11)12/h4,13H2,1-3H3,(H,14,15). The SMILES string of the molecule is CC(C)(C)OC(=O)C(N)(CC(F)(F)F)C(=O)O. The number of alkyl halides is 3. The fourth-order valence-electron chi connectivity index (χ4n) is 0.920. The van der Waals surface area contributed by atoms with Gasteiger partial charge in [0.05, 0.1) is 6.42 Å². The summed E-state index contributed by atoms with van der Waals surface area (Å²) in [6.07, 6.45) is -6.87. The van der Waals surface area contributed by atoms with E-state index < -0.39 is 35.7 Å². The number of carboxylic acid groups (broad SMARTS) is 1. The van der Waals surface area contributed by atoms with Crippen LogP contribution in [0.3, 0.4) is 0 Å². The Hall–Kier alpha value is -1.31. The number of aliphatic carboxylic acids is 1. The van der Waals surface area contributed by atoms with Crippen LogP contribution in [0.2, 0.25) is 0 Å². The zero-order valence-corrected chi connectivity index (χ0v) is 9.59. The van der Waals surface area contributed by atoms with E-state index in [0.29, 0.717) is 0 Å². The highest BCUT2D eigenvalue weighted by Gasteiger charge is 2.53. The molecule has 0 radical (unpaired) electrons. The number of halogens is 3. The predicted molar refractivity (Wildman–Crippen MR) is 51.1 cm³/mol. The minimum absolute atomic E-state index is 1.12. The fourth-order valence-corrected chi connectivity index (χ4v) is 0.920. The molecule has 0 fully saturated rings. The predicted octanol–water partition coefficient (Wildman–Crippen LogP) is 1.06. The van der Waals surface area contributed by atoms with Crippen molar-refractivity contribution in [1.29, 1.82) is 0 Å². The number of carbonyl (C=O) groups is 2. The highest BCUT2D eigenvalue weighted by Crippen LogP contribution is 2.28. The van der Waals surface area contributed by atoms with Crippen LogP contribution in [0.5, 0.6) is 0 Å². The summed E-state index contributed by atoms with van der Waals surface area (Å²) in [5.41, 5.74) is 0.742. The molecule has 17 heavy (non-hydrogen) atoms. The Bertz CT molecular complexity index is 321. The Kier molecular flexibility index (Phi) is 4.17. The van der Waals surface area contributed by atoms with Crippen LogP contribution in [-0.4, -0.2) is 34.4 Å². The van der Waals surface area contributed by atoms with E-state index in [4.69, 9.17) is 10.8 Å². The number of ether oxygens (including phenoxy) is 1. The topological polar surface area (TPSA) is 89.6 Å². The van der Waals surface area contributed by atoms with Crippen LogP contribution in [0.4, 0.5) is 13.2 Å². The van der Waals surface area contributed by atoms with Gasteiger partial charge in [-0.3, -0.25) is 0 Å². The first-order valence-electron chi connectivity index (χ1n) is 4.60. The minimum Gasteiger partial charge on any atom is -0.479 e. The average molecular weight is 257 g/mol. The number of carboxylic acids is 1. The van der Waals surface area contributed by atoms with Crippen LogP contribution in [0, 0.1) is 0 Å². The second-order valence-corrected chi connectivity index (χ2v) is 4.57. The van der Waals surface area contributed by atoms with E-state index in [2.05, 4.69) is 4.74 Å². The van der Waals surface area contributed by atoms with Crippen molar-refractivity contribution in [1.82, 2.24) is 0 Å². The average Bonchev–Trinajstić information content (AvgIpc) is 1.96. The van der Waals surface area contributed by atoms with Crippen molar-refractivity contribution in [2.45, 2.75) is 44.5 Å². The molecule has 3 N–H and O–H groups in total. The molecule has 0 bridgehead atoms. The van der Waals surface area contributed by atoms with Crippen LogP contribution in [0.25, 0.3) is 0 Å². The molecule has 0 aliphatic rings. The summed E-state index contributed by atoms with van der Waals surface area (Å²) in [6, 6.07) is 0. The molecule has 0 aromatic heterocycles. The van der Waals surface area contributed by atoms with Gasteiger partial charge in [0.2, 0.25) is 5.54 Å². The van der Waals surface area contributed by atoms with E-state index in [0.717, 1.165) is 0 Å². The maximum absolute atomic E-state index is 12.2. The third-order valence-corrected chi connectivity index (χ3v) is 1.62. The van der Waals surface area contributed by atoms with Gasteiger partial charge in [0, 0.05) is 0 Å². The van der Waals surface area contributed by atoms with Gasteiger partial charge < -0.3 is 15.6 Å². The van der Waals surface area contributed by atoms with Crippen LogP contribution in [0.1, 0.15) is 27.2 Å². The largest absolute Gasteiger partial charge is 0.479 e. The summed E-state index contributed by atoms with van der Waals surface area (Å²) in [6.45, 7) is 4.17. The van der Waals surface area contributed by atoms with Crippen molar-refractivity contribution in [3.63, 3.8) is 0 Å². The normalized spacial score (nSPS) is 16.2. The maximum Gasteiger partial charge on any atom is 0.392 e. The fraction of sp³-hybridized carbons (Fsp3) is 0.778. The molecule has 0 heterocycles. The van der Waals surface area contributed by atoms with Gasteiger partial charge in [0.1, 0.15) is 5.60 Å². The molecule has 0 aliphatic heterocycles. The number of rotatable bonds is 3. The van der Waals surface area contributed by atoms with Crippen molar-refractivity contribution >= 4 is 11.9 Å². The molecular weight excluding hydrogens is 243 g/mol. The van der Waals surface area contributed by atoms with E-state index in [1.807, 2.05) is 0 Å². The minimum atomic E-state index is -4.88. The zero-order chi connectivity index (χ0) is 14.1. The number of esters is 1. The van der Waals surface area contributed by atoms with Crippen molar-refractivity contribution < 1.29 is 32.6 Å². The lowest BCUT2D eigenvalue weighted by Gasteiger charge is -2.28. The lowest BCUT2D eigenvalue weighted by atomic mass is 9.96. The van der Waals surface area contributed by atoms with Gasteiger partial charge in [-0.1, -0.05) is 0 Å². The van der Waals surface area contributed by atoms with Crippen molar-refractivity contribution in [3.8, 4) is 0 Å². The second-order valence-electron chi connectivity index (χ2n) is 4.57. The summed E-state index contributed by atoms with van der Waals surface area (Å²) in [5, 5.41) is 8.64. The van der Waals surface area contributed by atoms with Gasteiger partial charge in [-0.25, -0.2) is 9.59 Å². The monoisotopic (exact) mass is 257 g/mol. The Morgan fingerprint density at radius 1 is 1.24 bits per heavy atom.